The van der Waals surface area contributed by atoms with Gasteiger partial charge in [-0.15, -0.1) is 5.10 Å². The number of thiazole rings is 1. The van der Waals surface area contributed by atoms with Gasteiger partial charge in [-0.05, 0) is 27.7 Å². The van der Waals surface area contributed by atoms with E-state index >= 15 is 0 Å². The van der Waals surface area contributed by atoms with Gasteiger partial charge in [0.25, 0.3) is 0 Å². The highest BCUT2D eigenvalue weighted by Crippen LogP contribution is 2.35. The molecule has 138 valence electrons. The van der Waals surface area contributed by atoms with E-state index in [1.54, 1.807) is 4.52 Å². The van der Waals surface area contributed by atoms with E-state index in [9.17, 15) is 5.11 Å². The second-order valence-corrected chi connectivity index (χ2v) is 8.32. The number of morpholine rings is 1. The van der Waals surface area contributed by atoms with Crippen molar-refractivity contribution in [1.82, 2.24) is 14.6 Å². The molecule has 1 saturated heterocycles. The Balaban J connectivity index is 1.82. The first kappa shape index (κ1) is 17.5. The summed E-state index contributed by atoms with van der Waals surface area (Å²) in [5, 5.41) is 15.2. The molecule has 6 nitrogen and oxygen atoms in total. The number of rotatable bonds is 3. The Morgan fingerprint density at radius 2 is 1.85 bits per heavy atom. The summed E-state index contributed by atoms with van der Waals surface area (Å²) >= 11 is 1.53. The van der Waals surface area contributed by atoms with E-state index in [-0.39, 0.29) is 24.1 Å². The van der Waals surface area contributed by atoms with Gasteiger partial charge < -0.3 is 14.7 Å². The maximum absolute atomic E-state index is 10.9. The Labute approximate surface area is 157 Å². The molecule has 2 N–H and O–H groups in total. The van der Waals surface area contributed by atoms with Crippen molar-refractivity contribution in [3.05, 3.63) is 46.1 Å². The minimum absolute atomic E-state index is 0.0400. The SMILES string of the molecule is Cc1ccc([C@@H](c2sc3nc(C)nn3c2O)[NH+]2C[C@@H](C)O[C@H](C)C2)cc1. The molecule has 0 amide bonds. The van der Waals surface area contributed by atoms with Crippen molar-refractivity contribution in [2.24, 2.45) is 0 Å². The van der Waals surface area contributed by atoms with Gasteiger partial charge in [0.1, 0.15) is 36.0 Å². The summed E-state index contributed by atoms with van der Waals surface area (Å²) < 4.78 is 7.50. The summed E-state index contributed by atoms with van der Waals surface area (Å²) in [6.07, 6.45) is 0.376. The van der Waals surface area contributed by atoms with E-state index in [1.165, 1.54) is 27.4 Å². The van der Waals surface area contributed by atoms with Crippen LogP contribution in [0, 0.1) is 13.8 Å². The van der Waals surface area contributed by atoms with Crippen LogP contribution in [-0.2, 0) is 4.74 Å². The van der Waals surface area contributed by atoms with Gasteiger partial charge in [-0.1, -0.05) is 41.2 Å². The van der Waals surface area contributed by atoms with Gasteiger partial charge in [0, 0.05) is 5.56 Å². The molecule has 4 rings (SSSR count). The zero-order valence-corrected chi connectivity index (χ0v) is 16.4. The second-order valence-electron chi connectivity index (χ2n) is 7.31. The Kier molecular flexibility index (Phi) is 4.46. The van der Waals surface area contributed by atoms with Crippen molar-refractivity contribution >= 4 is 16.3 Å². The van der Waals surface area contributed by atoms with E-state index in [0.29, 0.717) is 5.82 Å². The van der Waals surface area contributed by atoms with Crippen LogP contribution in [-0.4, -0.2) is 45.0 Å². The van der Waals surface area contributed by atoms with Crippen LogP contribution in [0.1, 0.15) is 41.7 Å². The van der Waals surface area contributed by atoms with Crippen molar-refractivity contribution in [2.45, 2.75) is 45.9 Å². The van der Waals surface area contributed by atoms with Crippen LogP contribution in [0.2, 0.25) is 0 Å². The van der Waals surface area contributed by atoms with E-state index in [1.807, 2.05) is 6.92 Å². The van der Waals surface area contributed by atoms with Crippen LogP contribution in [0.3, 0.4) is 0 Å². The number of quaternary nitrogens is 1. The van der Waals surface area contributed by atoms with Gasteiger partial charge in [0.05, 0.1) is 0 Å². The maximum atomic E-state index is 10.9. The fraction of sp³-hybridized carbons (Fsp3) is 0.474. The summed E-state index contributed by atoms with van der Waals surface area (Å²) in [5.41, 5.74) is 2.43. The van der Waals surface area contributed by atoms with Crippen LogP contribution < -0.4 is 4.90 Å². The molecule has 1 fully saturated rings. The molecule has 0 aliphatic carbocycles. The van der Waals surface area contributed by atoms with Gasteiger partial charge in [-0.25, -0.2) is 4.98 Å². The molecule has 0 unspecified atom stereocenters. The predicted molar refractivity (Wildman–Crippen MR) is 101 cm³/mol. The molecule has 3 aromatic rings. The number of hydrogen-bond donors (Lipinski definition) is 2. The topological polar surface area (TPSA) is 64.1 Å². The molecule has 2 aromatic heterocycles. The van der Waals surface area contributed by atoms with Crippen LogP contribution in [0.5, 0.6) is 5.88 Å². The lowest BCUT2D eigenvalue weighted by molar-refractivity contribution is -0.939. The molecule has 3 atom stereocenters. The Morgan fingerprint density at radius 3 is 2.46 bits per heavy atom. The summed E-state index contributed by atoms with van der Waals surface area (Å²) in [6.45, 7) is 9.96. The Hall–Kier alpha value is -1.96. The molecule has 3 heterocycles. The van der Waals surface area contributed by atoms with Crippen LogP contribution >= 0.6 is 11.3 Å². The molecular weight excluding hydrogens is 348 g/mol. The van der Waals surface area contributed by atoms with Crippen molar-refractivity contribution in [1.29, 1.82) is 0 Å². The lowest BCUT2D eigenvalue weighted by atomic mass is 10.0. The van der Waals surface area contributed by atoms with Crippen LogP contribution in [0.15, 0.2) is 24.3 Å². The summed E-state index contributed by atoms with van der Waals surface area (Å²) in [6, 6.07) is 8.63. The number of ether oxygens (including phenoxy) is 1. The van der Waals surface area contributed by atoms with Crippen LogP contribution in [0.25, 0.3) is 4.96 Å². The third-order valence-electron chi connectivity index (χ3n) is 4.95. The molecule has 7 heteroatoms. The monoisotopic (exact) mass is 373 g/mol. The lowest BCUT2D eigenvalue weighted by Gasteiger charge is -2.37. The van der Waals surface area contributed by atoms with Gasteiger partial charge in [0.2, 0.25) is 10.8 Å². The first-order chi connectivity index (χ1) is 12.4. The number of aromatic nitrogens is 3. The molecule has 0 radical (unpaired) electrons. The van der Waals surface area contributed by atoms with E-state index in [4.69, 9.17) is 4.74 Å². The first-order valence-corrected chi connectivity index (χ1v) is 9.85. The van der Waals surface area contributed by atoms with E-state index in [0.717, 1.165) is 22.9 Å². The number of fused-ring (bicyclic) bond motifs is 1. The number of nitrogens with zero attached hydrogens (tertiary/aromatic N) is 3. The third-order valence-corrected chi connectivity index (χ3v) is 6.04. The van der Waals surface area contributed by atoms with Gasteiger partial charge >= 0.3 is 0 Å². The molecule has 1 aliphatic rings. The maximum Gasteiger partial charge on any atom is 0.235 e. The predicted octanol–water partition coefficient (Wildman–Crippen LogP) is 1.89. The standard InChI is InChI=1S/C19H24N4O2S/c1-11-5-7-15(8-6-11)16(22-9-12(2)25-13(3)10-22)17-18(24)23-19(26-17)20-14(4)21-23/h5-8,12-13,16,24H,9-10H2,1-4H3/p+1/t12-,13-,16+/m1/s1. The number of aryl methyl sites for hydroxylation is 2. The number of benzene rings is 1. The smallest absolute Gasteiger partial charge is 0.235 e. The highest BCUT2D eigenvalue weighted by atomic mass is 32.1. The van der Waals surface area contributed by atoms with E-state index < -0.39 is 0 Å². The second kappa shape index (κ2) is 6.64. The third kappa shape index (κ3) is 3.11. The fourth-order valence-corrected chi connectivity index (χ4v) is 5.10. The summed E-state index contributed by atoms with van der Waals surface area (Å²) in [5.74, 6) is 0.876. The Morgan fingerprint density at radius 1 is 1.19 bits per heavy atom. The average molecular weight is 374 g/mol. The molecule has 1 aliphatic heterocycles. The molecule has 26 heavy (non-hydrogen) atoms. The minimum atomic E-state index is 0.0400. The number of nitrogens with one attached hydrogen (secondary N) is 1. The number of aromatic hydroxyl groups is 1. The van der Waals surface area contributed by atoms with Gasteiger partial charge in [-0.2, -0.15) is 4.52 Å². The molecular formula is C19H25N4O2S+. The summed E-state index contributed by atoms with van der Waals surface area (Å²) in [4.78, 5) is 7.49. The minimum Gasteiger partial charge on any atom is -0.492 e. The van der Waals surface area contributed by atoms with Crippen LogP contribution in [0.4, 0.5) is 0 Å². The van der Waals surface area contributed by atoms with Gasteiger partial charge in [-0.3, -0.25) is 0 Å². The molecule has 0 saturated carbocycles. The zero-order valence-electron chi connectivity index (χ0n) is 15.6. The zero-order chi connectivity index (χ0) is 18.4. The Bertz CT molecular complexity index is 908. The molecule has 1 aromatic carbocycles. The largest absolute Gasteiger partial charge is 0.492 e. The molecule has 0 bridgehead atoms. The average Bonchev–Trinajstić information content (AvgIpc) is 3.07. The van der Waals surface area contributed by atoms with Crippen molar-refractivity contribution in [3.8, 4) is 5.88 Å². The quantitative estimate of drug-likeness (QED) is 0.736. The highest BCUT2D eigenvalue weighted by molar-refractivity contribution is 7.17. The van der Waals surface area contributed by atoms with Crippen molar-refractivity contribution in [2.75, 3.05) is 13.1 Å². The van der Waals surface area contributed by atoms with E-state index in [2.05, 4.69) is 55.1 Å². The highest BCUT2D eigenvalue weighted by Gasteiger charge is 2.37. The van der Waals surface area contributed by atoms with Gasteiger partial charge in [0.15, 0.2) is 6.04 Å². The van der Waals surface area contributed by atoms with Crippen molar-refractivity contribution in [3.63, 3.8) is 0 Å². The van der Waals surface area contributed by atoms with Crippen molar-refractivity contribution < 1.29 is 14.7 Å². The number of hydrogen-bond acceptors (Lipinski definition) is 5. The summed E-state index contributed by atoms with van der Waals surface area (Å²) in [7, 11) is 0. The fourth-order valence-electron chi connectivity index (χ4n) is 3.92. The lowest BCUT2D eigenvalue weighted by Crippen LogP contribution is -3.15. The normalized spacial score (nSPS) is 24.8. The first-order valence-electron chi connectivity index (χ1n) is 9.04. The molecule has 0 spiro atoms.